The molecule has 0 N–H and O–H groups in total. The molecule has 0 amide bonds. The van der Waals surface area contributed by atoms with E-state index in [0.717, 1.165) is 91.3 Å². The Morgan fingerprint density at radius 1 is 0.486 bits per heavy atom. The Morgan fingerprint density at radius 2 is 0.865 bits per heavy atom. The van der Waals surface area contributed by atoms with Crippen LogP contribution in [-0.2, 0) is 0 Å². The summed E-state index contributed by atoms with van der Waals surface area (Å²) in [5.41, 5.74) is 2.12. The van der Waals surface area contributed by atoms with E-state index in [1.165, 1.54) is 38.5 Å². The van der Waals surface area contributed by atoms with Crippen LogP contribution >= 0.6 is 23.5 Å². The molecule has 2 heterocycles. The van der Waals surface area contributed by atoms with Crippen LogP contribution in [0.25, 0.3) is 0 Å². The van der Waals surface area contributed by atoms with Gasteiger partial charge in [0.05, 0.1) is 8.07 Å². The minimum absolute atomic E-state index is 0.909. The second-order valence-electron chi connectivity index (χ2n) is 16.2. The van der Waals surface area contributed by atoms with Gasteiger partial charge in [-0.2, -0.15) is 23.5 Å². The monoisotopic (exact) mass is 560 g/mol. The molecular formula is C34H60S2Si. The summed E-state index contributed by atoms with van der Waals surface area (Å²) in [5.74, 6) is 10.1. The van der Waals surface area contributed by atoms with Crippen LogP contribution in [0, 0.1) is 59.2 Å². The van der Waals surface area contributed by atoms with Gasteiger partial charge in [0.15, 0.2) is 0 Å². The quantitative estimate of drug-likeness (QED) is 0.314. The van der Waals surface area contributed by atoms with E-state index >= 15 is 0 Å². The van der Waals surface area contributed by atoms with Gasteiger partial charge < -0.3 is 0 Å². The van der Waals surface area contributed by atoms with E-state index in [0.29, 0.717) is 0 Å². The summed E-state index contributed by atoms with van der Waals surface area (Å²) in [4.78, 5) is 0. The van der Waals surface area contributed by atoms with Crippen molar-refractivity contribution in [2.75, 3.05) is 0 Å². The third kappa shape index (κ3) is 4.60. The second-order valence-corrected chi connectivity index (χ2v) is 24.3. The zero-order valence-electron chi connectivity index (χ0n) is 25.6. The fraction of sp³-hybridized carbons (Fsp3) is 1.00. The van der Waals surface area contributed by atoms with E-state index in [1.54, 1.807) is 25.7 Å². The van der Waals surface area contributed by atoms with Crippen molar-refractivity contribution >= 4 is 31.6 Å². The zero-order chi connectivity index (χ0) is 26.2. The smallest absolute Gasteiger partial charge is 0.0563 e. The summed E-state index contributed by atoms with van der Waals surface area (Å²) >= 11 is 5.03. The van der Waals surface area contributed by atoms with Gasteiger partial charge in [-0.1, -0.05) is 93.2 Å². The summed E-state index contributed by atoms with van der Waals surface area (Å²) in [6.07, 6.45) is 15.3. The lowest BCUT2D eigenvalue weighted by Crippen LogP contribution is -2.47. The zero-order valence-corrected chi connectivity index (χ0v) is 28.3. The molecule has 2 aliphatic heterocycles. The van der Waals surface area contributed by atoms with Gasteiger partial charge in [-0.05, 0) is 95.9 Å². The van der Waals surface area contributed by atoms with E-state index in [4.69, 9.17) is 0 Å². The Labute approximate surface area is 240 Å². The molecule has 4 saturated carbocycles. The molecule has 2 saturated heterocycles. The first-order chi connectivity index (χ1) is 17.6. The minimum Gasteiger partial charge on any atom is -0.155 e. The van der Waals surface area contributed by atoms with Gasteiger partial charge in [0, 0.05) is 21.0 Å². The lowest BCUT2D eigenvalue weighted by atomic mass is 9.67. The Morgan fingerprint density at radius 3 is 1.24 bits per heavy atom. The van der Waals surface area contributed by atoms with Crippen molar-refractivity contribution in [3.63, 3.8) is 0 Å². The summed E-state index contributed by atoms with van der Waals surface area (Å²) in [6, 6.07) is 0. The molecule has 16 unspecified atom stereocenters. The Hall–Kier alpha value is 0.917. The largest absolute Gasteiger partial charge is 0.155 e. The van der Waals surface area contributed by atoms with Crippen LogP contribution in [0.3, 0.4) is 0 Å². The topological polar surface area (TPSA) is 0 Å². The summed E-state index contributed by atoms with van der Waals surface area (Å²) in [6.45, 7) is 21.8. The standard InChI is InChI=1S/C34H60S2Si/c1-19-13-9-11-15-25(19)29-23(5)35-31-27(29)17-21(3)33(31)37(7,8)34-22(4)18-28-30(24(6)36-32(28)34)26-16-12-10-14-20(26)2/h19-34H,9-18H2,1-8H3. The number of thioether (sulfide) groups is 2. The number of hydrogen-bond donors (Lipinski definition) is 0. The average molecular weight is 561 g/mol. The molecule has 0 aromatic rings. The van der Waals surface area contributed by atoms with Crippen molar-refractivity contribution in [2.45, 2.75) is 151 Å². The normalized spacial score (nSPS) is 56.4. The molecule has 6 aliphatic rings. The lowest BCUT2D eigenvalue weighted by molar-refractivity contribution is 0.134. The van der Waals surface area contributed by atoms with Gasteiger partial charge in [-0.15, -0.1) is 0 Å². The molecule has 4 aliphatic carbocycles. The number of fused-ring (bicyclic) bond motifs is 2. The highest BCUT2D eigenvalue weighted by Gasteiger charge is 2.64. The first-order valence-electron chi connectivity index (χ1n) is 16.9. The van der Waals surface area contributed by atoms with Crippen molar-refractivity contribution in [3.05, 3.63) is 0 Å². The van der Waals surface area contributed by atoms with Crippen LogP contribution in [0.5, 0.6) is 0 Å². The van der Waals surface area contributed by atoms with Crippen molar-refractivity contribution in [3.8, 4) is 0 Å². The molecule has 212 valence electrons. The first-order valence-corrected chi connectivity index (χ1v) is 22.0. The molecule has 6 rings (SSSR count). The van der Waals surface area contributed by atoms with Gasteiger partial charge in [0.25, 0.3) is 0 Å². The summed E-state index contributed by atoms with van der Waals surface area (Å²) in [7, 11) is -1.43. The third-order valence-corrected chi connectivity index (χ3v) is 23.1. The van der Waals surface area contributed by atoms with Gasteiger partial charge >= 0.3 is 0 Å². The highest BCUT2D eigenvalue weighted by molar-refractivity contribution is 8.01. The van der Waals surface area contributed by atoms with E-state index in [9.17, 15) is 0 Å². The van der Waals surface area contributed by atoms with Gasteiger partial charge in [0.1, 0.15) is 0 Å². The van der Waals surface area contributed by atoms with Gasteiger partial charge in [0.2, 0.25) is 0 Å². The van der Waals surface area contributed by atoms with Crippen molar-refractivity contribution in [2.24, 2.45) is 59.2 Å². The maximum atomic E-state index is 2.92. The minimum atomic E-state index is -1.43. The Kier molecular flexibility index (Phi) is 8.06. The Bertz CT molecular complexity index is 748. The SMILES string of the molecule is CC1CCCCC1C1C(C)SC2C1CC(C)C2[Si](C)(C)C1C(C)CC2C1SC(C)C2C1CCCCC1C. The van der Waals surface area contributed by atoms with Gasteiger partial charge in [-0.25, -0.2) is 0 Å². The third-order valence-electron chi connectivity index (χ3n) is 13.9. The second kappa shape index (κ2) is 10.6. The first kappa shape index (κ1) is 28.1. The predicted octanol–water partition coefficient (Wildman–Crippen LogP) is 10.6. The van der Waals surface area contributed by atoms with Crippen molar-refractivity contribution < 1.29 is 0 Å². The maximum absolute atomic E-state index is 2.92. The van der Waals surface area contributed by atoms with Crippen LogP contribution in [0.15, 0.2) is 0 Å². The molecule has 3 heteroatoms. The molecule has 37 heavy (non-hydrogen) atoms. The highest BCUT2D eigenvalue weighted by atomic mass is 32.2. The molecule has 0 radical (unpaired) electrons. The van der Waals surface area contributed by atoms with Crippen molar-refractivity contribution in [1.29, 1.82) is 0 Å². The molecule has 16 atom stereocenters. The number of rotatable bonds is 4. The fourth-order valence-corrected chi connectivity index (χ4v) is 25.2. The highest BCUT2D eigenvalue weighted by Crippen LogP contribution is 2.69. The summed E-state index contributed by atoms with van der Waals surface area (Å²) in [5, 5.41) is 3.81. The molecule has 0 bridgehead atoms. The van der Waals surface area contributed by atoms with Crippen LogP contribution in [0.1, 0.15) is 106 Å². The maximum Gasteiger partial charge on any atom is 0.0563 e. The lowest BCUT2D eigenvalue weighted by Gasteiger charge is -2.45. The average Bonchev–Trinajstić information content (AvgIpc) is 3.51. The van der Waals surface area contributed by atoms with E-state index in [-0.39, 0.29) is 0 Å². The van der Waals surface area contributed by atoms with Crippen LogP contribution in [0.2, 0.25) is 24.2 Å². The molecule has 0 aromatic carbocycles. The molecule has 6 fully saturated rings. The van der Waals surface area contributed by atoms with Crippen molar-refractivity contribution in [1.82, 2.24) is 0 Å². The molecule has 0 nitrogen and oxygen atoms in total. The fourth-order valence-electron chi connectivity index (χ4n) is 12.8. The molecular weight excluding hydrogens is 501 g/mol. The van der Waals surface area contributed by atoms with Crippen LogP contribution in [-0.4, -0.2) is 29.1 Å². The molecule has 0 aromatic heterocycles. The predicted molar refractivity (Wildman–Crippen MR) is 170 cm³/mol. The van der Waals surface area contributed by atoms with E-state index in [1.807, 2.05) is 0 Å². The van der Waals surface area contributed by atoms with Gasteiger partial charge in [-0.3, -0.25) is 0 Å². The van der Waals surface area contributed by atoms with E-state index < -0.39 is 8.07 Å². The van der Waals surface area contributed by atoms with Crippen LogP contribution < -0.4 is 0 Å². The number of hydrogen-bond acceptors (Lipinski definition) is 2. The van der Waals surface area contributed by atoms with E-state index in [2.05, 4.69) is 78.2 Å². The summed E-state index contributed by atoms with van der Waals surface area (Å²) < 4.78 is 0. The Balaban J connectivity index is 1.24. The van der Waals surface area contributed by atoms with Crippen LogP contribution in [0.4, 0.5) is 0 Å². The molecule has 0 spiro atoms.